The molecule has 0 bridgehead atoms. The molecule has 2 rings (SSSR count). The van der Waals surface area contributed by atoms with Crippen molar-refractivity contribution in [2.75, 3.05) is 6.61 Å². The monoisotopic (exact) mass is 177 g/mol. The molecule has 1 aliphatic heterocycles. The molecule has 0 saturated carbocycles. The molecule has 1 aromatic rings. The Morgan fingerprint density at radius 3 is 3.15 bits per heavy atom. The van der Waals surface area contributed by atoms with Gasteiger partial charge in [-0.05, 0) is 18.1 Å². The first-order chi connectivity index (χ1) is 6.33. The first-order valence-electron chi connectivity index (χ1n) is 4.83. The Hall–Kier alpha value is -1.02. The second-order valence-electron chi connectivity index (χ2n) is 3.43. The van der Waals surface area contributed by atoms with Crippen LogP contribution in [-0.4, -0.2) is 6.61 Å². The van der Waals surface area contributed by atoms with Gasteiger partial charge in [-0.3, -0.25) is 0 Å². The zero-order valence-corrected chi connectivity index (χ0v) is 7.92. The molecule has 1 unspecified atom stereocenters. The predicted molar refractivity (Wildman–Crippen MR) is 52.9 cm³/mol. The summed E-state index contributed by atoms with van der Waals surface area (Å²) in [6.07, 6.45) is 1.96. The van der Waals surface area contributed by atoms with Gasteiger partial charge in [0.1, 0.15) is 5.75 Å². The number of fused-ring (bicyclic) bond motifs is 1. The van der Waals surface area contributed by atoms with Crippen molar-refractivity contribution in [1.82, 2.24) is 0 Å². The molecule has 0 aromatic heterocycles. The molecule has 1 aliphatic rings. The number of benzene rings is 1. The lowest BCUT2D eigenvalue weighted by Gasteiger charge is -2.25. The van der Waals surface area contributed by atoms with E-state index < -0.39 is 0 Å². The largest absolute Gasteiger partial charge is 0.493 e. The third-order valence-corrected chi connectivity index (χ3v) is 2.59. The Labute approximate surface area is 78.7 Å². The van der Waals surface area contributed by atoms with Crippen molar-refractivity contribution in [3.63, 3.8) is 0 Å². The highest BCUT2D eigenvalue weighted by molar-refractivity contribution is 5.43. The summed E-state index contributed by atoms with van der Waals surface area (Å²) < 4.78 is 5.56. The van der Waals surface area contributed by atoms with Crippen molar-refractivity contribution in [3.05, 3.63) is 29.3 Å². The highest BCUT2D eigenvalue weighted by atomic mass is 16.5. The maximum atomic E-state index is 6.04. The highest BCUT2D eigenvalue weighted by Gasteiger charge is 2.19. The van der Waals surface area contributed by atoms with E-state index in [0.29, 0.717) is 0 Å². The average molecular weight is 177 g/mol. The summed E-state index contributed by atoms with van der Waals surface area (Å²) in [5.74, 6) is 0.984. The molecular formula is C11H15NO. The first kappa shape index (κ1) is 8.57. The fourth-order valence-corrected chi connectivity index (χ4v) is 1.88. The molecule has 0 fully saturated rings. The molecular weight excluding hydrogens is 162 g/mol. The molecule has 0 spiro atoms. The summed E-state index contributed by atoms with van der Waals surface area (Å²) >= 11 is 0. The summed E-state index contributed by atoms with van der Waals surface area (Å²) in [5.41, 5.74) is 8.59. The molecule has 2 heteroatoms. The number of aryl methyl sites for hydroxylation is 1. The van der Waals surface area contributed by atoms with Crippen LogP contribution in [0.15, 0.2) is 18.2 Å². The molecule has 2 N–H and O–H groups in total. The van der Waals surface area contributed by atoms with Crippen LogP contribution in [0.3, 0.4) is 0 Å². The van der Waals surface area contributed by atoms with Gasteiger partial charge in [0.25, 0.3) is 0 Å². The minimum atomic E-state index is 0.167. The highest BCUT2D eigenvalue weighted by Crippen LogP contribution is 2.33. The summed E-state index contributed by atoms with van der Waals surface area (Å²) in [4.78, 5) is 0. The van der Waals surface area contributed by atoms with E-state index in [4.69, 9.17) is 10.5 Å². The lowest BCUT2D eigenvalue weighted by atomic mass is 9.94. The second kappa shape index (κ2) is 3.38. The minimum Gasteiger partial charge on any atom is -0.493 e. The Morgan fingerprint density at radius 2 is 2.38 bits per heavy atom. The summed E-state index contributed by atoms with van der Waals surface area (Å²) in [6, 6.07) is 6.34. The van der Waals surface area contributed by atoms with Crippen molar-refractivity contribution in [3.8, 4) is 5.75 Å². The van der Waals surface area contributed by atoms with Crippen LogP contribution in [0.1, 0.15) is 30.5 Å². The second-order valence-corrected chi connectivity index (χ2v) is 3.43. The fraction of sp³-hybridized carbons (Fsp3) is 0.455. The molecule has 70 valence electrons. The quantitative estimate of drug-likeness (QED) is 0.712. The van der Waals surface area contributed by atoms with Gasteiger partial charge in [-0.1, -0.05) is 19.1 Å². The van der Waals surface area contributed by atoms with Gasteiger partial charge in [0, 0.05) is 18.0 Å². The Bertz CT molecular complexity index is 295. The van der Waals surface area contributed by atoms with Crippen molar-refractivity contribution in [2.24, 2.45) is 5.73 Å². The van der Waals surface area contributed by atoms with Crippen LogP contribution in [0.25, 0.3) is 0 Å². The summed E-state index contributed by atoms with van der Waals surface area (Å²) in [5, 5.41) is 0. The number of hydrogen-bond acceptors (Lipinski definition) is 2. The van der Waals surface area contributed by atoms with Gasteiger partial charge >= 0.3 is 0 Å². The van der Waals surface area contributed by atoms with E-state index in [-0.39, 0.29) is 6.04 Å². The molecule has 1 atom stereocenters. The van der Waals surface area contributed by atoms with Gasteiger partial charge in [0.15, 0.2) is 0 Å². The first-order valence-corrected chi connectivity index (χ1v) is 4.83. The van der Waals surface area contributed by atoms with E-state index in [9.17, 15) is 0 Å². The number of rotatable bonds is 1. The van der Waals surface area contributed by atoms with Crippen molar-refractivity contribution in [2.45, 2.75) is 25.8 Å². The average Bonchev–Trinajstić information content (AvgIpc) is 2.17. The molecule has 0 saturated heterocycles. The van der Waals surface area contributed by atoms with E-state index >= 15 is 0 Å². The van der Waals surface area contributed by atoms with Gasteiger partial charge in [-0.25, -0.2) is 0 Å². The lowest BCUT2D eigenvalue weighted by molar-refractivity contribution is 0.268. The molecule has 1 aromatic carbocycles. The van der Waals surface area contributed by atoms with Crippen molar-refractivity contribution >= 4 is 0 Å². The van der Waals surface area contributed by atoms with Crippen LogP contribution in [-0.2, 0) is 6.42 Å². The van der Waals surface area contributed by atoms with E-state index in [1.807, 2.05) is 12.1 Å². The van der Waals surface area contributed by atoms with E-state index in [1.165, 1.54) is 11.1 Å². The standard InChI is InChI=1S/C11H15NO/c1-2-8-4-3-5-10-11(8)9(12)6-7-13-10/h3-5,9H,2,6-7,12H2,1H3. The van der Waals surface area contributed by atoms with Gasteiger partial charge in [0.2, 0.25) is 0 Å². The van der Waals surface area contributed by atoms with Gasteiger partial charge in [-0.15, -0.1) is 0 Å². The normalized spacial score (nSPS) is 20.6. The van der Waals surface area contributed by atoms with Crippen molar-refractivity contribution < 1.29 is 4.74 Å². The summed E-state index contributed by atoms with van der Waals surface area (Å²) in [7, 11) is 0. The number of nitrogens with two attached hydrogens (primary N) is 1. The maximum Gasteiger partial charge on any atom is 0.124 e. The van der Waals surface area contributed by atoms with Crippen molar-refractivity contribution in [1.29, 1.82) is 0 Å². The molecule has 2 nitrogen and oxygen atoms in total. The van der Waals surface area contributed by atoms with Crippen LogP contribution in [0.4, 0.5) is 0 Å². The van der Waals surface area contributed by atoms with E-state index in [2.05, 4.69) is 13.0 Å². The molecule has 0 aliphatic carbocycles. The Balaban J connectivity index is 2.50. The van der Waals surface area contributed by atoms with Crippen LogP contribution in [0, 0.1) is 0 Å². The number of ether oxygens (including phenoxy) is 1. The SMILES string of the molecule is CCc1cccc2c1C(N)CCO2. The third-order valence-electron chi connectivity index (χ3n) is 2.59. The van der Waals surface area contributed by atoms with Gasteiger partial charge in [0.05, 0.1) is 6.61 Å². The fourth-order valence-electron chi connectivity index (χ4n) is 1.88. The van der Waals surface area contributed by atoms with E-state index in [0.717, 1.165) is 25.2 Å². The third kappa shape index (κ3) is 1.42. The lowest BCUT2D eigenvalue weighted by Crippen LogP contribution is -2.22. The van der Waals surface area contributed by atoms with Gasteiger partial charge < -0.3 is 10.5 Å². The van der Waals surface area contributed by atoms with E-state index in [1.54, 1.807) is 0 Å². The maximum absolute atomic E-state index is 6.04. The van der Waals surface area contributed by atoms with Crippen LogP contribution in [0.2, 0.25) is 0 Å². The molecule has 0 amide bonds. The van der Waals surface area contributed by atoms with Crippen LogP contribution >= 0.6 is 0 Å². The minimum absolute atomic E-state index is 0.167. The van der Waals surface area contributed by atoms with Crippen LogP contribution < -0.4 is 10.5 Å². The zero-order chi connectivity index (χ0) is 9.26. The number of hydrogen-bond donors (Lipinski definition) is 1. The predicted octanol–water partition coefficient (Wildman–Crippen LogP) is 2.03. The molecule has 13 heavy (non-hydrogen) atoms. The van der Waals surface area contributed by atoms with Crippen LogP contribution in [0.5, 0.6) is 5.75 Å². The Morgan fingerprint density at radius 1 is 1.54 bits per heavy atom. The van der Waals surface area contributed by atoms with Gasteiger partial charge in [-0.2, -0.15) is 0 Å². The Kier molecular flexibility index (Phi) is 2.23. The molecule has 1 heterocycles. The summed E-state index contributed by atoms with van der Waals surface area (Å²) in [6.45, 7) is 2.90. The zero-order valence-electron chi connectivity index (χ0n) is 7.92. The topological polar surface area (TPSA) is 35.2 Å². The smallest absolute Gasteiger partial charge is 0.124 e. The molecule has 0 radical (unpaired) electrons.